The molecule has 1 aromatic heterocycles. The van der Waals surface area contributed by atoms with Crippen molar-refractivity contribution in [1.82, 2.24) is 4.98 Å². The highest BCUT2D eigenvalue weighted by molar-refractivity contribution is 7.92. The van der Waals surface area contributed by atoms with Crippen LogP contribution in [0.4, 0.5) is 5.69 Å². The van der Waals surface area contributed by atoms with Crippen molar-refractivity contribution in [3.8, 4) is 5.75 Å². The summed E-state index contributed by atoms with van der Waals surface area (Å²) in [5.74, 6) is 0.602. The third kappa shape index (κ3) is 4.49. The molecule has 0 aliphatic carbocycles. The van der Waals surface area contributed by atoms with Gasteiger partial charge in [-0.2, -0.15) is 0 Å². The Hall–Kier alpha value is -3.12. The second-order valence-electron chi connectivity index (χ2n) is 5.49. The minimum absolute atomic E-state index is 0.174. The number of benzene rings is 2. The molecule has 5 nitrogen and oxygen atoms in total. The van der Waals surface area contributed by atoms with Crippen LogP contribution in [-0.2, 0) is 10.0 Å². The molecule has 0 aliphatic rings. The number of nitrogens with one attached hydrogen (secondary N) is 1. The molecular formula is C20H18N2O3S. The standard InChI is InChI=1S/C20H18N2O3S/c1-25-19-10-12-20(13-11-19)26(23,24)22-18-7-4-5-16(15-18)8-9-17-6-2-3-14-21-17/h2-15,22H,1H3/b9-8+. The van der Waals surface area contributed by atoms with Crippen LogP contribution in [0.1, 0.15) is 11.3 Å². The molecule has 0 atom stereocenters. The molecule has 1 N–H and O–H groups in total. The maximum Gasteiger partial charge on any atom is 0.261 e. The molecule has 132 valence electrons. The number of rotatable bonds is 6. The summed E-state index contributed by atoms with van der Waals surface area (Å²) in [7, 11) is -2.13. The van der Waals surface area contributed by atoms with Crippen molar-refractivity contribution in [2.45, 2.75) is 4.90 Å². The summed E-state index contributed by atoms with van der Waals surface area (Å²) in [6.45, 7) is 0. The topological polar surface area (TPSA) is 68.3 Å². The maximum absolute atomic E-state index is 12.5. The normalized spacial score (nSPS) is 11.4. The Morgan fingerprint density at radius 2 is 1.77 bits per heavy atom. The number of methoxy groups -OCH3 is 1. The minimum atomic E-state index is -3.66. The second kappa shape index (κ2) is 7.84. The molecule has 0 saturated heterocycles. The van der Waals surface area contributed by atoms with Crippen LogP contribution >= 0.6 is 0 Å². The van der Waals surface area contributed by atoms with E-state index in [-0.39, 0.29) is 4.90 Å². The van der Waals surface area contributed by atoms with Crippen LogP contribution in [0, 0.1) is 0 Å². The van der Waals surface area contributed by atoms with Crippen LogP contribution in [0.15, 0.2) is 77.8 Å². The maximum atomic E-state index is 12.5. The molecular weight excluding hydrogens is 348 g/mol. The van der Waals surface area contributed by atoms with Crippen molar-refractivity contribution < 1.29 is 13.2 Å². The molecule has 3 aromatic rings. The van der Waals surface area contributed by atoms with Crippen molar-refractivity contribution in [2.75, 3.05) is 11.8 Å². The zero-order valence-corrected chi connectivity index (χ0v) is 15.0. The molecule has 2 aromatic carbocycles. The first kappa shape index (κ1) is 17.7. The van der Waals surface area contributed by atoms with Crippen LogP contribution in [0.5, 0.6) is 5.75 Å². The number of nitrogens with zero attached hydrogens (tertiary/aromatic N) is 1. The predicted octanol–water partition coefficient (Wildman–Crippen LogP) is 4.06. The van der Waals surface area contributed by atoms with Crippen molar-refractivity contribution in [3.63, 3.8) is 0 Å². The smallest absolute Gasteiger partial charge is 0.261 e. The molecule has 0 amide bonds. The van der Waals surface area contributed by atoms with Gasteiger partial charge in [-0.05, 0) is 60.2 Å². The van der Waals surface area contributed by atoms with E-state index >= 15 is 0 Å². The molecule has 0 radical (unpaired) electrons. The average Bonchev–Trinajstić information content (AvgIpc) is 2.67. The van der Waals surface area contributed by atoms with Crippen LogP contribution in [-0.4, -0.2) is 20.5 Å². The fourth-order valence-corrected chi connectivity index (χ4v) is 3.38. The van der Waals surface area contributed by atoms with Crippen molar-refractivity contribution in [2.24, 2.45) is 0 Å². The molecule has 0 bridgehead atoms. The third-order valence-corrected chi connectivity index (χ3v) is 5.04. The summed E-state index contributed by atoms with van der Waals surface area (Å²) >= 11 is 0. The quantitative estimate of drug-likeness (QED) is 0.714. The molecule has 0 unspecified atom stereocenters. The van der Waals surface area contributed by atoms with Gasteiger partial charge in [-0.3, -0.25) is 9.71 Å². The second-order valence-corrected chi connectivity index (χ2v) is 7.18. The van der Waals surface area contributed by atoms with Gasteiger partial charge in [-0.25, -0.2) is 8.42 Å². The van der Waals surface area contributed by atoms with Crippen LogP contribution < -0.4 is 9.46 Å². The van der Waals surface area contributed by atoms with Gasteiger partial charge in [0.25, 0.3) is 10.0 Å². The Morgan fingerprint density at radius 3 is 2.46 bits per heavy atom. The van der Waals surface area contributed by atoms with E-state index in [1.807, 2.05) is 36.4 Å². The van der Waals surface area contributed by atoms with E-state index in [9.17, 15) is 8.42 Å². The molecule has 0 saturated carbocycles. The van der Waals surface area contributed by atoms with Gasteiger partial charge in [0.15, 0.2) is 0 Å². The van der Waals surface area contributed by atoms with Crippen LogP contribution in [0.2, 0.25) is 0 Å². The molecule has 0 fully saturated rings. The highest BCUT2D eigenvalue weighted by atomic mass is 32.2. The number of ether oxygens (including phenoxy) is 1. The third-order valence-electron chi connectivity index (χ3n) is 3.64. The summed E-state index contributed by atoms with van der Waals surface area (Å²) in [5, 5.41) is 0. The minimum Gasteiger partial charge on any atom is -0.497 e. The van der Waals surface area contributed by atoms with E-state index in [1.54, 1.807) is 36.5 Å². The van der Waals surface area contributed by atoms with Gasteiger partial charge in [0.05, 0.1) is 17.7 Å². The van der Waals surface area contributed by atoms with E-state index in [2.05, 4.69) is 9.71 Å². The van der Waals surface area contributed by atoms with Crippen molar-refractivity contribution in [3.05, 3.63) is 84.2 Å². The van der Waals surface area contributed by atoms with Gasteiger partial charge in [-0.1, -0.05) is 24.3 Å². The van der Waals surface area contributed by atoms with Crippen LogP contribution in [0.3, 0.4) is 0 Å². The Morgan fingerprint density at radius 1 is 0.962 bits per heavy atom. The number of pyridine rings is 1. The first-order valence-electron chi connectivity index (χ1n) is 7.93. The van der Waals surface area contributed by atoms with Gasteiger partial charge in [0.2, 0.25) is 0 Å². The lowest BCUT2D eigenvalue weighted by atomic mass is 10.2. The summed E-state index contributed by atoms with van der Waals surface area (Å²) < 4.78 is 32.7. The molecule has 0 aliphatic heterocycles. The Bertz CT molecular complexity index is 999. The Labute approximate surface area is 153 Å². The molecule has 26 heavy (non-hydrogen) atoms. The van der Waals surface area contributed by atoms with Gasteiger partial charge in [0, 0.05) is 11.9 Å². The molecule has 0 spiro atoms. The lowest BCUT2D eigenvalue weighted by molar-refractivity contribution is 0.414. The van der Waals surface area contributed by atoms with E-state index in [0.717, 1.165) is 11.3 Å². The van der Waals surface area contributed by atoms with Gasteiger partial charge >= 0.3 is 0 Å². The summed E-state index contributed by atoms with van der Waals surface area (Å²) in [6.07, 6.45) is 5.48. The zero-order chi connectivity index (χ0) is 18.4. The van der Waals surface area contributed by atoms with Gasteiger partial charge in [-0.15, -0.1) is 0 Å². The Kier molecular flexibility index (Phi) is 5.34. The van der Waals surface area contributed by atoms with E-state index in [1.165, 1.54) is 19.2 Å². The predicted molar refractivity (Wildman–Crippen MR) is 103 cm³/mol. The molecule has 3 rings (SSSR count). The fourth-order valence-electron chi connectivity index (χ4n) is 2.33. The van der Waals surface area contributed by atoms with E-state index < -0.39 is 10.0 Å². The fraction of sp³-hybridized carbons (Fsp3) is 0.0500. The number of sulfonamides is 1. The van der Waals surface area contributed by atoms with Crippen molar-refractivity contribution >= 4 is 27.9 Å². The lowest BCUT2D eigenvalue weighted by Crippen LogP contribution is -2.12. The van der Waals surface area contributed by atoms with Crippen LogP contribution in [0.25, 0.3) is 12.2 Å². The number of hydrogen-bond acceptors (Lipinski definition) is 4. The number of anilines is 1. The highest BCUT2D eigenvalue weighted by Crippen LogP contribution is 2.20. The first-order chi connectivity index (χ1) is 12.6. The van der Waals surface area contributed by atoms with Gasteiger partial charge in [0.1, 0.15) is 5.75 Å². The molecule has 6 heteroatoms. The SMILES string of the molecule is COc1ccc(S(=O)(=O)Nc2cccc(/C=C/c3ccccn3)c2)cc1. The summed E-state index contributed by atoms with van der Waals surface area (Å²) in [4.78, 5) is 4.39. The number of hydrogen-bond donors (Lipinski definition) is 1. The highest BCUT2D eigenvalue weighted by Gasteiger charge is 2.14. The zero-order valence-electron chi connectivity index (χ0n) is 14.2. The first-order valence-corrected chi connectivity index (χ1v) is 9.41. The largest absolute Gasteiger partial charge is 0.497 e. The lowest BCUT2D eigenvalue weighted by Gasteiger charge is -2.09. The summed E-state index contributed by atoms with van der Waals surface area (Å²) in [6, 6.07) is 19.1. The van der Waals surface area contributed by atoms with Gasteiger partial charge < -0.3 is 4.74 Å². The van der Waals surface area contributed by atoms with Crippen molar-refractivity contribution in [1.29, 1.82) is 0 Å². The van der Waals surface area contributed by atoms with E-state index in [4.69, 9.17) is 4.74 Å². The molecule has 1 heterocycles. The summed E-state index contributed by atoms with van der Waals surface area (Å²) in [5.41, 5.74) is 2.19. The average molecular weight is 366 g/mol. The number of aromatic nitrogens is 1. The monoisotopic (exact) mass is 366 g/mol. The van der Waals surface area contributed by atoms with E-state index in [0.29, 0.717) is 11.4 Å². The Balaban J connectivity index is 1.78.